The minimum Gasteiger partial charge on any atom is -0.481 e. The monoisotopic (exact) mass is 256 g/mol. The van der Waals surface area contributed by atoms with E-state index in [9.17, 15) is 9.59 Å². The van der Waals surface area contributed by atoms with E-state index in [1.807, 2.05) is 20.8 Å². The predicted molar refractivity (Wildman–Crippen MR) is 69.2 cm³/mol. The van der Waals surface area contributed by atoms with Crippen molar-refractivity contribution in [1.29, 1.82) is 0 Å². The third-order valence-electron chi connectivity index (χ3n) is 3.06. The van der Waals surface area contributed by atoms with Gasteiger partial charge in [0.15, 0.2) is 0 Å². The molecule has 5 heteroatoms. The van der Waals surface area contributed by atoms with Crippen molar-refractivity contribution in [3.8, 4) is 0 Å². The highest BCUT2D eigenvalue weighted by Gasteiger charge is 2.27. The molecule has 1 aliphatic rings. The van der Waals surface area contributed by atoms with Crippen LogP contribution in [0.15, 0.2) is 0 Å². The van der Waals surface area contributed by atoms with Gasteiger partial charge in [-0.2, -0.15) is 0 Å². The van der Waals surface area contributed by atoms with Gasteiger partial charge in [0.05, 0.1) is 12.3 Å². The summed E-state index contributed by atoms with van der Waals surface area (Å²) in [5.74, 6) is -0.897. The van der Waals surface area contributed by atoms with E-state index in [2.05, 4.69) is 10.6 Å². The number of nitrogens with one attached hydrogen (secondary N) is 2. The van der Waals surface area contributed by atoms with E-state index in [0.29, 0.717) is 13.0 Å². The summed E-state index contributed by atoms with van der Waals surface area (Å²) in [7, 11) is 0. The SMILES string of the molecule is CC(C)(C)CC(CC(=O)O)NC(=O)C1CCNC1. The summed E-state index contributed by atoms with van der Waals surface area (Å²) in [5, 5.41) is 14.9. The lowest BCUT2D eigenvalue weighted by molar-refractivity contribution is -0.138. The van der Waals surface area contributed by atoms with Gasteiger partial charge >= 0.3 is 5.97 Å². The van der Waals surface area contributed by atoms with Gasteiger partial charge in [-0.1, -0.05) is 20.8 Å². The number of carbonyl (C=O) groups excluding carboxylic acids is 1. The number of amides is 1. The molecular weight excluding hydrogens is 232 g/mol. The molecule has 1 fully saturated rings. The van der Waals surface area contributed by atoms with Crippen molar-refractivity contribution in [2.45, 2.75) is 46.1 Å². The summed E-state index contributed by atoms with van der Waals surface area (Å²) < 4.78 is 0. The summed E-state index contributed by atoms with van der Waals surface area (Å²) in [4.78, 5) is 22.8. The maximum absolute atomic E-state index is 12.0. The van der Waals surface area contributed by atoms with Crippen molar-refractivity contribution in [3.05, 3.63) is 0 Å². The molecule has 5 nitrogen and oxygen atoms in total. The van der Waals surface area contributed by atoms with Crippen LogP contribution in [0.1, 0.15) is 40.0 Å². The third kappa shape index (κ3) is 5.49. The summed E-state index contributed by atoms with van der Waals surface area (Å²) in [6.45, 7) is 7.70. The molecule has 0 saturated carbocycles. The van der Waals surface area contributed by atoms with Gasteiger partial charge in [0.2, 0.25) is 5.91 Å². The van der Waals surface area contributed by atoms with E-state index in [-0.39, 0.29) is 29.7 Å². The first kappa shape index (κ1) is 15.0. The van der Waals surface area contributed by atoms with Gasteiger partial charge < -0.3 is 15.7 Å². The standard InChI is InChI=1S/C13H24N2O3/c1-13(2,3)7-10(6-11(16)17)15-12(18)9-4-5-14-8-9/h9-10,14H,4-8H2,1-3H3,(H,15,18)(H,16,17). The van der Waals surface area contributed by atoms with Crippen molar-refractivity contribution in [3.63, 3.8) is 0 Å². The molecule has 1 amide bonds. The first-order valence-corrected chi connectivity index (χ1v) is 6.51. The molecule has 1 heterocycles. The second-order valence-electron chi connectivity index (χ2n) is 6.26. The summed E-state index contributed by atoms with van der Waals surface area (Å²) in [6.07, 6.45) is 1.50. The molecule has 1 aliphatic heterocycles. The van der Waals surface area contributed by atoms with Crippen LogP contribution in [0, 0.1) is 11.3 Å². The van der Waals surface area contributed by atoms with Gasteiger partial charge in [0.25, 0.3) is 0 Å². The second-order valence-corrected chi connectivity index (χ2v) is 6.26. The molecule has 1 rings (SSSR count). The number of carbonyl (C=O) groups is 2. The molecule has 2 unspecified atom stereocenters. The number of rotatable bonds is 5. The van der Waals surface area contributed by atoms with Crippen LogP contribution in [-0.4, -0.2) is 36.1 Å². The maximum atomic E-state index is 12.0. The maximum Gasteiger partial charge on any atom is 0.305 e. The normalized spacial score (nSPS) is 21.6. The number of carboxylic acid groups (broad SMARTS) is 1. The van der Waals surface area contributed by atoms with Gasteiger partial charge in [0.1, 0.15) is 0 Å². The van der Waals surface area contributed by atoms with Crippen molar-refractivity contribution >= 4 is 11.9 Å². The van der Waals surface area contributed by atoms with Crippen molar-refractivity contribution in [2.24, 2.45) is 11.3 Å². The summed E-state index contributed by atoms with van der Waals surface area (Å²) in [5.41, 5.74) is 0.00131. The zero-order valence-electron chi connectivity index (χ0n) is 11.5. The molecule has 104 valence electrons. The summed E-state index contributed by atoms with van der Waals surface area (Å²) >= 11 is 0. The topological polar surface area (TPSA) is 78.4 Å². The van der Waals surface area contributed by atoms with Crippen molar-refractivity contribution < 1.29 is 14.7 Å². The van der Waals surface area contributed by atoms with Gasteiger partial charge in [-0.25, -0.2) is 0 Å². The molecule has 1 saturated heterocycles. The van der Waals surface area contributed by atoms with E-state index in [1.54, 1.807) is 0 Å². The summed E-state index contributed by atoms with van der Waals surface area (Å²) in [6, 6.07) is -0.282. The largest absolute Gasteiger partial charge is 0.481 e. The fourth-order valence-corrected chi connectivity index (χ4v) is 2.32. The molecule has 0 aromatic rings. The Kier molecular flexibility index (Phi) is 5.14. The van der Waals surface area contributed by atoms with E-state index < -0.39 is 5.97 Å². The molecule has 0 bridgehead atoms. The van der Waals surface area contributed by atoms with E-state index >= 15 is 0 Å². The number of hydrogen-bond donors (Lipinski definition) is 3. The average Bonchev–Trinajstić information content (AvgIpc) is 2.65. The Morgan fingerprint density at radius 2 is 2.11 bits per heavy atom. The molecular formula is C13H24N2O3. The van der Waals surface area contributed by atoms with E-state index in [0.717, 1.165) is 13.0 Å². The Morgan fingerprint density at radius 3 is 2.56 bits per heavy atom. The van der Waals surface area contributed by atoms with Gasteiger partial charge in [-0.15, -0.1) is 0 Å². The number of hydrogen-bond acceptors (Lipinski definition) is 3. The third-order valence-corrected chi connectivity index (χ3v) is 3.06. The smallest absolute Gasteiger partial charge is 0.305 e. The van der Waals surface area contributed by atoms with E-state index in [4.69, 9.17) is 5.11 Å². The molecule has 18 heavy (non-hydrogen) atoms. The van der Waals surface area contributed by atoms with Crippen LogP contribution < -0.4 is 10.6 Å². The highest BCUT2D eigenvalue weighted by molar-refractivity contribution is 5.80. The van der Waals surface area contributed by atoms with Crippen LogP contribution in [0.2, 0.25) is 0 Å². The molecule has 0 radical (unpaired) electrons. The lowest BCUT2D eigenvalue weighted by atomic mass is 9.86. The minimum atomic E-state index is -0.867. The Labute approximate surface area is 108 Å². The molecule has 0 aliphatic carbocycles. The van der Waals surface area contributed by atoms with Crippen LogP contribution in [0.4, 0.5) is 0 Å². The highest BCUT2D eigenvalue weighted by atomic mass is 16.4. The molecule has 2 atom stereocenters. The lowest BCUT2D eigenvalue weighted by Crippen LogP contribution is -2.42. The van der Waals surface area contributed by atoms with Crippen LogP contribution in [-0.2, 0) is 9.59 Å². The van der Waals surface area contributed by atoms with Gasteiger partial charge in [0, 0.05) is 12.6 Å². The Bertz CT molecular complexity index is 304. The first-order valence-electron chi connectivity index (χ1n) is 6.51. The molecule has 0 aromatic heterocycles. The number of carboxylic acids is 1. The first-order chi connectivity index (χ1) is 8.28. The quantitative estimate of drug-likeness (QED) is 0.685. The zero-order valence-corrected chi connectivity index (χ0v) is 11.5. The van der Waals surface area contributed by atoms with Crippen LogP contribution in [0.25, 0.3) is 0 Å². The Balaban J connectivity index is 2.53. The fourth-order valence-electron chi connectivity index (χ4n) is 2.32. The lowest BCUT2D eigenvalue weighted by Gasteiger charge is -2.26. The second kappa shape index (κ2) is 6.18. The van der Waals surface area contributed by atoms with Gasteiger partial charge in [-0.05, 0) is 24.8 Å². The Hall–Kier alpha value is -1.10. The van der Waals surface area contributed by atoms with E-state index in [1.165, 1.54) is 0 Å². The van der Waals surface area contributed by atoms with Crippen LogP contribution in [0.3, 0.4) is 0 Å². The molecule has 3 N–H and O–H groups in total. The van der Waals surface area contributed by atoms with Crippen LogP contribution >= 0.6 is 0 Å². The zero-order chi connectivity index (χ0) is 13.8. The van der Waals surface area contributed by atoms with Gasteiger partial charge in [-0.3, -0.25) is 9.59 Å². The number of aliphatic carboxylic acids is 1. The van der Waals surface area contributed by atoms with Crippen molar-refractivity contribution in [1.82, 2.24) is 10.6 Å². The average molecular weight is 256 g/mol. The predicted octanol–water partition coefficient (Wildman–Crippen LogP) is 0.992. The molecule has 0 aromatic carbocycles. The highest BCUT2D eigenvalue weighted by Crippen LogP contribution is 2.22. The minimum absolute atomic E-state index is 0.00131. The fraction of sp³-hybridized carbons (Fsp3) is 0.846. The molecule has 0 spiro atoms. The Morgan fingerprint density at radius 1 is 1.44 bits per heavy atom. The van der Waals surface area contributed by atoms with Crippen LogP contribution in [0.5, 0.6) is 0 Å². The van der Waals surface area contributed by atoms with Crippen molar-refractivity contribution in [2.75, 3.05) is 13.1 Å².